The highest BCUT2D eigenvalue weighted by atomic mass is 79.9. The molecule has 72 valence electrons. The average Bonchev–Trinajstić information content (AvgIpc) is 2.17. The third kappa shape index (κ3) is 1.60. The first kappa shape index (κ1) is 9.46. The van der Waals surface area contributed by atoms with Crippen LogP contribution in [0.5, 0.6) is 5.75 Å². The summed E-state index contributed by atoms with van der Waals surface area (Å²) in [6, 6.07) is 9.18. The topological polar surface area (TPSA) is 33.1 Å². The molecular weight excluding hydrogens is 242 g/mol. The number of halogens is 1. The van der Waals surface area contributed by atoms with Crippen LogP contribution in [0.2, 0.25) is 0 Å². The van der Waals surface area contributed by atoms with E-state index in [1.807, 2.05) is 25.1 Å². The van der Waals surface area contributed by atoms with E-state index in [1.165, 1.54) is 0 Å². The molecule has 3 heteroatoms. The molecule has 0 aliphatic carbocycles. The molecule has 14 heavy (non-hydrogen) atoms. The Hall–Kier alpha value is -1.09. The fourth-order valence-electron chi connectivity index (χ4n) is 1.38. The van der Waals surface area contributed by atoms with Crippen molar-refractivity contribution in [1.82, 2.24) is 4.98 Å². The summed E-state index contributed by atoms with van der Waals surface area (Å²) in [6.45, 7) is 2.02. The second-order valence-electron chi connectivity index (χ2n) is 3.20. The van der Waals surface area contributed by atoms with Crippen molar-refractivity contribution < 1.29 is 5.11 Å². The zero-order chi connectivity index (χ0) is 10.1. The number of phenols is 1. The smallest absolute Gasteiger partial charge is 0.124 e. The average molecular weight is 252 g/mol. The number of nitrogens with zero attached hydrogens (tertiary/aromatic N) is 1. The van der Waals surface area contributed by atoms with E-state index in [9.17, 15) is 5.11 Å². The maximum Gasteiger partial charge on any atom is 0.124 e. The summed E-state index contributed by atoms with van der Waals surface area (Å²) in [6.07, 6.45) is 0. The molecule has 0 bridgehead atoms. The number of phenolic OH excluding ortho intramolecular Hbond substituents is 1. The molecule has 1 aromatic carbocycles. The van der Waals surface area contributed by atoms with Crippen molar-refractivity contribution in [3.05, 3.63) is 36.0 Å². The van der Waals surface area contributed by atoms with E-state index in [-0.39, 0.29) is 10.6 Å². The van der Waals surface area contributed by atoms with Crippen LogP contribution in [0.25, 0.3) is 10.9 Å². The van der Waals surface area contributed by atoms with Crippen LogP contribution in [0.4, 0.5) is 0 Å². The molecule has 1 unspecified atom stereocenters. The highest BCUT2D eigenvalue weighted by molar-refractivity contribution is 9.09. The molecule has 0 aliphatic rings. The van der Waals surface area contributed by atoms with Gasteiger partial charge in [-0.2, -0.15) is 0 Å². The first-order valence-electron chi connectivity index (χ1n) is 4.41. The molecule has 2 nitrogen and oxygen atoms in total. The van der Waals surface area contributed by atoms with Crippen LogP contribution >= 0.6 is 15.9 Å². The zero-order valence-corrected chi connectivity index (χ0v) is 9.32. The van der Waals surface area contributed by atoms with Gasteiger partial charge in [0.25, 0.3) is 0 Å². The zero-order valence-electron chi connectivity index (χ0n) is 7.74. The third-order valence-electron chi connectivity index (χ3n) is 2.14. The van der Waals surface area contributed by atoms with Crippen molar-refractivity contribution in [3.63, 3.8) is 0 Å². The Kier molecular flexibility index (Phi) is 2.42. The Balaban J connectivity index is 2.67. The molecule has 0 spiro atoms. The van der Waals surface area contributed by atoms with Gasteiger partial charge in [0.15, 0.2) is 0 Å². The SMILES string of the molecule is CC(Br)c1ccc2c(O)cccc2n1. The lowest BCUT2D eigenvalue weighted by molar-refractivity contribution is 0.481. The van der Waals surface area contributed by atoms with E-state index in [0.717, 1.165) is 16.6 Å². The Morgan fingerprint density at radius 3 is 2.79 bits per heavy atom. The summed E-state index contributed by atoms with van der Waals surface area (Å²) in [5.74, 6) is 0.281. The van der Waals surface area contributed by atoms with Gasteiger partial charge in [-0.1, -0.05) is 22.0 Å². The Labute approximate surface area is 90.7 Å². The van der Waals surface area contributed by atoms with Crippen LogP contribution in [-0.2, 0) is 0 Å². The summed E-state index contributed by atoms with van der Waals surface area (Å²) in [7, 11) is 0. The van der Waals surface area contributed by atoms with Crippen molar-refractivity contribution in [3.8, 4) is 5.75 Å². The maximum atomic E-state index is 9.55. The molecule has 1 atom stereocenters. The number of aromatic nitrogens is 1. The Morgan fingerprint density at radius 2 is 2.07 bits per heavy atom. The molecule has 0 amide bonds. The standard InChI is InChI=1S/C11H10BrNO/c1-7(12)9-6-5-8-10(13-9)3-2-4-11(8)14/h2-7,14H,1H3. The fraction of sp³-hybridized carbons (Fsp3) is 0.182. The van der Waals surface area contributed by atoms with Crippen molar-refractivity contribution >= 4 is 26.8 Å². The number of fused-ring (bicyclic) bond motifs is 1. The largest absolute Gasteiger partial charge is 0.507 e. The predicted octanol–water partition coefficient (Wildman–Crippen LogP) is 3.40. The second-order valence-corrected chi connectivity index (χ2v) is 4.57. The van der Waals surface area contributed by atoms with Crippen LogP contribution in [-0.4, -0.2) is 10.1 Å². The van der Waals surface area contributed by atoms with Gasteiger partial charge in [0, 0.05) is 5.39 Å². The molecule has 1 N–H and O–H groups in total. The number of pyridine rings is 1. The number of rotatable bonds is 1. The Bertz CT molecular complexity index is 468. The van der Waals surface area contributed by atoms with Crippen molar-refractivity contribution in [1.29, 1.82) is 0 Å². The van der Waals surface area contributed by atoms with Gasteiger partial charge in [-0.05, 0) is 31.2 Å². The molecule has 0 saturated carbocycles. The summed E-state index contributed by atoms with van der Waals surface area (Å²) in [5.41, 5.74) is 1.80. The molecule has 2 aromatic rings. The fourth-order valence-corrected chi connectivity index (χ4v) is 1.63. The minimum atomic E-state index is 0.231. The van der Waals surface area contributed by atoms with E-state index < -0.39 is 0 Å². The summed E-state index contributed by atoms with van der Waals surface area (Å²) < 4.78 is 0. The van der Waals surface area contributed by atoms with E-state index in [4.69, 9.17) is 0 Å². The van der Waals surface area contributed by atoms with Crippen LogP contribution in [0.3, 0.4) is 0 Å². The summed E-state index contributed by atoms with van der Waals surface area (Å²) in [5, 5.41) is 10.3. The lowest BCUT2D eigenvalue weighted by atomic mass is 10.1. The van der Waals surface area contributed by atoms with Crippen molar-refractivity contribution in [2.45, 2.75) is 11.8 Å². The molecule has 0 fully saturated rings. The van der Waals surface area contributed by atoms with Gasteiger partial charge >= 0.3 is 0 Å². The molecule has 0 saturated heterocycles. The molecule has 1 heterocycles. The minimum Gasteiger partial charge on any atom is -0.507 e. The van der Waals surface area contributed by atoms with E-state index >= 15 is 0 Å². The highest BCUT2D eigenvalue weighted by Gasteiger charge is 2.05. The van der Waals surface area contributed by atoms with E-state index in [1.54, 1.807) is 12.1 Å². The van der Waals surface area contributed by atoms with Gasteiger partial charge < -0.3 is 5.11 Å². The van der Waals surface area contributed by atoms with Crippen LogP contribution in [0.15, 0.2) is 30.3 Å². The van der Waals surface area contributed by atoms with E-state index in [0.29, 0.717) is 0 Å². The minimum absolute atomic E-state index is 0.231. The van der Waals surface area contributed by atoms with Gasteiger partial charge in [0.2, 0.25) is 0 Å². The molecule has 0 radical (unpaired) electrons. The number of alkyl halides is 1. The highest BCUT2D eigenvalue weighted by Crippen LogP contribution is 2.26. The second kappa shape index (κ2) is 3.58. The maximum absolute atomic E-state index is 9.55. The summed E-state index contributed by atoms with van der Waals surface area (Å²) in [4.78, 5) is 4.66. The van der Waals surface area contributed by atoms with Gasteiger partial charge in [-0.3, -0.25) is 4.98 Å². The lowest BCUT2D eigenvalue weighted by Crippen LogP contribution is -1.89. The van der Waals surface area contributed by atoms with Gasteiger partial charge in [-0.15, -0.1) is 0 Å². The van der Waals surface area contributed by atoms with E-state index in [2.05, 4.69) is 20.9 Å². The van der Waals surface area contributed by atoms with Gasteiger partial charge in [-0.25, -0.2) is 0 Å². The monoisotopic (exact) mass is 251 g/mol. The lowest BCUT2D eigenvalue weighted by Gasteiger charge is -2.05. The number of benzene rings is 1. The molecular formula is C11H10BrNO. The first-order chi connectivity index (χ1) is 6.68. The third-order valence-corrected chi connectivity index (χ3v) is 2.61. The first-order valence-corrected chi connectivity index (χ1v) is 5.33. The Morgan fingerprint density at radius 1 is 1.29 bits per heavy atom. The van der Waals surface area contributed by atoms with Gasteiger partial charge in [0.1, 0.15) is 5.75 Å². The predicted molar refractivity (Wildman–Crippen MR) is 60.7 cm³/mol. The molecule has 0 aliphatic heterocycles. The van der Waals surface area contributed by atoms with Crippen molar-refractivity contribution in [2.75, 3.05) is 0 Å². The number of aromatic hydroxyl groups is 1. The van der Waals surface area contributed by atoms with Crippen molar-refractivity contribution in [2.24, 2.45) is 0 Å². The van der Waals surface area contributed by atoms with Crippen LogP contribution in [0, 0.1) is 0 Å². The number of hydrogen-bond acceptors (Lipinski definition) is 2. The number of hydrogen-bond donors (Lipinski definition) is 1. The van der Waals surface area contributed by atoms with Crippen LogP contribution in [0.1, 0.15) is 17.4 Å². The summed E-state index contributed by atoms with van der Waals surface area (Å²) >= 11 is 3.46. The molecule has 2 rings (SSSR count). The molecule has 1 aromatic heterocycles. The van der Waals surface area contributed by atoms with Gasteiger partial charge in [0.05, 0.1) is 16.0 Å². The van der Waals surface area contributed by atoms with Crippen LogP contribution < -0.4 is 0 Å². The quantitative estimate of drug-likeness (QED) is 0.789. The normalized spacial score (nSPS) is 13.0.